The average molecular weight is 414 g/mol. The molecule has 1 unspecified atom stereocenters. The molecule has 162 valence electrons. The van der Waals surface area contributed by atoms with E-state index in [2.05, 4.69) is 25.8 Å². The third-order valence-corrected chi connectivity index (χ3v) is 5.46. The van der Waals surface area contributed by atoms with Crippen LogP contribution in [0.15, 0.2) is 40.9 Å². The lowest BCUT2D eigenvalue weighted by Gasteiger charge is -2.31. The predicted octanol–water partition coefficient (Wildman–Crippen LogP) is 4.45. The number of hydrogen-bond donors (Lipinski definition) is 3. The van der Waals surface area contributed by atoms with Gasteiger partial charge in [-0.15, -0.1) is 0 Å². The van der Waals surface area contributed by atoms with E-state index in [1.54, 1.807) is 0 Å². The van der Waals surface area contributed by atoms with Gasteiger partial charge in [0.2, 0.25) is 0 Å². The number of allylic oxidation sites excluding steroid dienone is 2. The first-order valence-electron chi connectivity index (χ1n) is 9.86. The van der Waals surface area contributed by atoms with Crippen LogP contribution in [0.3, 0.4) is 0 Å². The number of phenols is 1. The Morgan fingerprint density at radius 2 is 1.67 bits per heavy atom. The summed E-state index contributed by atoms with van der Waals surface area (Å²) in [6.07, 6.45) is 5.62. The molecular weight excluding hydrogens is 382 g/mol. The van der Waals surface area contributed by atoms with Gasteiger partial charge >= 0.3 is 11.9 Å². The van der Waals surface area contributed by atoms with Gasteiger partial charge in [-0.25, -0.2) is 4.79 Å². The van der Waals surface area contributed by atoms with Crippen molar-refractivity contribution in [3.05, 3.63) is 52.6 Å². The second-order valence-electron chi connectivity index (χ2n) is 10.0. The van der Waals surface area contributed by atoms with Crippen LogP contribution in [0.5, 0.6) is 5.75 Å². The minimum atomic E-state index is -1.51. The summed E-state index contributed by atoms with van der Waals surface area (Å²) in [5.74, 6) is -2.34. The van der Waals surface area contributed by atoms with Crippen LogP contribution in [0.4, 0.5) is 0 Å². The Balaban J connectivity index is 2.67. The molecule has 1 aliphatic rings. The highest BCUT2D eigenvalue weighted by molar-refractivity contribution is 5.94. The van der Waals surface area contributed by atoms with Crippen LogP contribution >= 0.6 is 0 Å². The number of carboxylic acid groups (broad SMARTS) is 2. The second kappa shape index (κ2) is 7.74. The van der Waals surface area contributed by atoms with Crippen molar-refractivity contribution in [2.45, 2.75) is 65.3 Å². The summed E-state index contributed by atoms with van der Waals surface area (Å²) in [7, 11) is 0. The molecule has 0 fully saturated rings. The van der Waals surface area contributed by atoms with E-state index in [0.717, 1.165) is 11.1 Å². The average Bonchev–Trinajstić information content (AvgIpc) is 2.59. The number of rotatable bonds is 4. The molecule has 0 heterocycles. The Hall–Kier alpha value is -2.89. The van der Waals surface area contributed by atoms with Crippen molar-refractivity contribution >= 4 is 18.2 Å². The first-order valence-corrected chi connectivity index (χ1v) is 9.86. The Labute approximate surface area is 177 Å². The molecule has 2 atom stereocenters. The van der Waals surface area contributed by atoms with E-state index < -0.39 is 23.4 Å². The van der Waals surface area contributed by atoms with E-state index in [-0.39, 0.29) is 22.2 Å². The monoisotopic (exact) mass is 413 g/mol. The molecule has 0 saturated heterocycles. The molecule has 6 heteroatoms. The molecule has 0 radical (unpaired) electrons. The maximum absolute atomic E-state index is 11.9. The van der Waals surface area contributed by atoms with Crippen LogP contribution in [0, 0.1) is 5.41 Å². The predicted molar refractivity (Wildman–Crippen MR) is 117 cm³/mol. The normalized spacial score (nSPS) is 22.2. The number of carboxylic acids is 2. The van der Waals surface area contributed by atoms with Gasteiger partial charge in [0.1, 0.15) is 17.2 Å². The number of aromatic hydroxyl groups is 1. The molecule has 0 saturated carbocycles. The number of carbonyl (C=O) groups is 2. The molecule has 3 N–H and O–H groups in total. The van der Waals surface area contributed by atoms with Crippen LogP contribution in [-0.4, -0.2) is 39.5 Å². The maximum Gasteiger partial charge on any atom is 0.333 e. The first kappa shape index (κ1) is 23.4. The molecule has 0 amide bonds. The lowest BCUT2D eigenvalue weighted by atomic mass is 9.75. The van der Waals surface area contributed by atoms with Gasteiger partial charge in [0, 0.05) is 17.3 Å². The molecule has 0 bridgehead atoms. The van der Waals surface area contributed by atoms with Gasteiger partial charge < -0.3 is 15.3 Å². The standard InChI is InChI=1S/C24H31NO5/c1-22(2,3)15-11-14(18(26)17(12-15)23(4,5)6)13-25-19-16(20(27)28)9-8-10-24(19,7)21(29)30/h8-13,19,26H,1-7H3,(H,27,28)(H,29,30)/t19-,24?/m0/s1. The zero-order valence-electron chi connectivity index (χ0n) is 18.6. The van der Waals surface area contributed by atoms with Gasteiger partial charge in [-0.3, -0.25) is 9.79 Å². The molecule has 30 heavy (non-hydrogen) atoms. The van der Waals surface area contributed by atoms with E-state index in [4.69, 9.17) is 0 Å². The Morgan fingerprint density at radius 3 is 2.13 bits per heavy atom. The molecule has 6 nitrogen and oxygen atoms in total. The van der Waals surface area contributed by atoms with Crippen molar-refractivity contribution in [3.8, 4) is 5.75 Å². The molecule has 0 spiro atoms. The lowest BCUT2D eigenvalue weighted by Crippen LogP contribution is -2.41. The van der Waals surface area contributed by atoms with Gasteiger partial charge in [0.15, 0.2) is 0 Å². The van der Waals surface area contributed by atoms with Crippen LogP contribution in [0.25, 0.3) is 0 Å². The molecule has 0 aromatic heterocycles. The summed E-state index contributed by atoms with van der Waals surface area (Å²) in [5, 5.41) is 30.2. The second-order valence-corrected chi connectivity index (χ2v) is 10.0. The highest BCUT2D eigenvalue weighted by Gasteiger charge is 2.44. The highest BCUT2D eigenvalue weighted by Crippen LogP contribution is 2.38. The SMILES string of the molecule is CC(C)(C)c1cc(C=N[C@H]2C(C(=O)O)=CC=CC2(C)C(=O)O)c(O)c(C(C)(C)C)c1. The fourth-order valence-corrected chi connectivity index (χ4v) is 3.38. The van der Waals surface area contributed by atoms with Crippen LogP contribution < -0.4 is 0 Å². The zero-order chi connectivity index (χ0) is 23.1. The molecule has 0 aliphatic heterocycles. The summed E-state index contributed by atoms with van der Waals surface area (Å²) in [4.78, 5) is 28.0. The Morgan fingerprint density at radius 1 is 1.07 bits per heavy atom. The first-order chi connectivity index (χ1) is 13.6. The number of phenolic OH excluding ortho intramolecular Hbond substituents is 1. The number of aliphatic imine (C=N–C) groups is 1. The summed E-state index contributed by atoms with van der Waals surface area (Å²) < 4.78 is 0. The molecule has 2 rings (SSSR count). The summed E-state index contributed by atoms with van der Waals surface area (Å²) in [6.45, 7) is 13.6. The maximum atomic E-state index is 11.9. The van der Waals surface area contributed by atoms with Crippen molar-refractivity contribution in [3.63, 3.8) is 0 Å². The molecule has 1 aliphatic carbocycles. The van der Waals surface area contributed by atoms with Crippen molar-refractivity contribution < 1.29 is 24.9 Å². The third-order valence-electron chi connectivity index (χ3n) is 5.46. The van der Waals surface area contributed by atoms with Gasteiger partial charge in [-0.1, -0.05) is 59.8 Å². The Kier molecular flexibility index (Phi) is 6.04. The van der Waals surface area contributed by atoms with Crippen LogP contribution in [-0.2, 0) is 20.4 Å². The van der Waals surface area contributed by atoms with Gasteiger partial charge in [0.25, 0.3) is 0 Å². The minimum absolute atomic E-state index is 0.0588. The van der Waals surface area contributed by atoms with E-state index in [1.807, 2.05) is 32.9 Å². The van der Waals surface area contributed by atoms with E-state index in [1.165, 1.54) is 31.4 Å². The quantitative estimate of drug-likeness (QED) is 0.632. The van der Waals surface area contributed by atoms with Crippen molar-refractivity contribution in [1.29, 1.82) is 0 Å². The number of aliphatic carboxylic acids is 2. The molecule has 1 aromatic carbocycles. The highest BCUT2D eigenvalue weighted by atomic mass is 16.4. The lowest BCUT2D eigenvalue weighted by molar-refractivity contribution is -0.146. The largest absolute Gasteiger partial charge is 0.507 e. The number of nitrogens with zero attached hydrogens (tertiary/aromatic N) is 1. The van der Waals surface area contributed by atoms with E-state index in [0.29, 0.717) is 5.56 Å². The molecular formula is C24H31NO5. The third kappa shape index (κ3) is 4.48. The van der Waals surface area contributed by atoms with Crippen molar-refractivity contribution in [1.82, 2.24) is 0 Å². The summed E-state index contributed by atoms with van der Waals surface area (Å²) in [5.41, 5.74) is 0.0263. The number of benzene rings is 1. The van der Waals surface area contributed by atoms with Gasteiger partial charge in [0.05, 0.1) is 5.57 Å². The van der Waals surface area contributed by atoms with Crippen molar-refractivity contribution in [2.75, 3.05) is 0 Å². The van der Waals surface area contributed by atoms with Gasteiger partial charge in [-0.05, 0) is 35.5 Å². The summed E-state index contributed by atoms with van der Waals surface area (Å²) >= 11 is 0. The minimum Gasteiger partial charge on any atom is -0.507 e. The molecule has 1 aromatic rings. The smallest absolute Gasteiger partial charge is 0.333 e. The zero-order valence-corrected chi connectivity index (χ0v) is 18.6. The van der Waals surface area contributed by atoms with Gasteiger partial charge in [-0.2, -0.15) is 0 Å². The van der Waals surface area contributed by atoms with Crippen LogP contribution in [0.1, 0.15) is 65.2 Å². The fourth-order valence-electron chi connectivity index (χ4n) is 3.38. The topological polar surface area (TPSA) is 107 Å². The van der Waals surface area contributed by atoms with Crippen LogP contribution in [0.2, 0.25) is 0 Å². The fraction of sp³-hybridized carbons (Fsp3) is 0.458. The van der Waals surface area contributed by atoms with Crippen molar-refractivity contribution in [2.24, 2.45) is 10.4 Å². The van der Waals surface area contributed by atoms with E-state index >= 15 is 0 Å². The summed E-state index contributed by atoms with van der Waals surface area (Å²) in [6, 6.07) is 2.66. The Bertz CT molecular complexity index is 957. The van der Waals surface area contributed by atoms with E-state index in [9.17, 15) is 24.9 Å². The number of hydrogen-bond acceptors (Lipinski definition) is 4.